The molecule has 0 fully saturated rings. The molecule has 0 bridgehead atoms. The van der Waals surface area contributed by atoms with Crippen LogP contribution in [0.4, 0.5) is 0 Å². The van der Waals surface area contributed by atoms with E-state index < -0.39 is 23.0 Å². The van der Waals surface area contributed by atoms with Gasteiger partial charge in [0, 0.05) is 0 Å². The first-order valence-corrected chi connectivity index (χ1v) is 6.55. The molecule has 0 aliphatic rings. The molecule has 0 saturated carbocycles. The zero-order chi connectivity index (χ0) is 14.4. The Bertz CT molecular complexity index is 283. The van der Waals surface area contributed by atoms with Gasteiger partial charge in [0.05, 0.1) is 7.11 Å². The molecule has 0 aromatic heterocycles. The second kappa shape index (κ2) is 6.76. The maximum absolute atomic E-state index is 12.3. The molecule has 18 heavy (non-hydrogen) atoms. The van der Waals surface area contributed by atoms with Gasteiger partial charge in [-0.25, -0.2) is 0 Å². The van der Waals surface area contributed by atoms with Crippen molar-refractivity contribution < 1.29 is 19.1 Å². The van der Waals surface area contributed by atoms with E-state index in [1.807, 2.05) is 13.8 Å². The van der Waals surface area contributed by atoms with Crippen LogP contribution in [0.25, 0.3) is 0 Å². The van der Waals surface area contributed by atoms with Gasteiger partial charge < -0.3 is 9.47 Å². The molecule has 0 saturated heterocycles. The molecular weight excluding hydrogens is 232 g/mol. The third-order valence-electron chi connectivity index (χ3n) is 2.72. The van der Waals surface area contributed by atoms with E-state index in [1.165, 1.54) is 7.11 Å². The van der Waals surface area contributed by atoms with E-state index in [-0.39, 0.29) is 0 Å². The number of esters is 2. The van der Waals surface area contributed by atoms with Gasteiger partial charge in [-0.2, -0.15) is 0 Å². The van der Waals surface area contributed by atoms with E-state index in [0.29, 0.717) is 12.8 Å². The van der Waals surface area contributed by atoms with Crippen molar-refractivity contribution in [1.82, 2.24) is 0 Å². The molecule has 0 spiro atoms. The van der Waals surface area contributed by atoms with Crippen LogP contribution >= 0.6 is 0 Å². The van der Waals surface area contributed by atoms with Gasteiger partial charge in [0.15, 0.2) is 5.41 Å². The molecule has 0 rings (SSSR count). The van der Waals surface area contributed by atoms with Crippen molar-refractivity contribution in [3.8, 4) is 0 Å². The largest absolute Gasteiger partial charge is 0.468 e. The van der Waals surface area contributed by atoms with Gasteiger partial charge in [0.2, 0.25) is 0 Å². The number of ether oxygens (including phenoxy) is 2. The molecular formula is C14H26O4. The molecule has 0 N–H and O–H groups in total. The molecule has 0 heterocycles. The summed E-state index contributed by atoms with van der Waals surface area (Å²) < 4.78 is 10.2. The highest BCUT2D eigenvalue weighted by atomic mass is 16.6. The maximum atomic E-state index is 12.3. The van der Waals surface area contributed by atoms with E-state index in [1.54, 1.807) is 20.8 Å². The number of rotatable bonds is 6. The first-order chi connectivity index (χ1) is 8.23. The van der Waals surface area contributed by atoms with Crippen LogP contribution in [0.5, 0.6) is 0 Å². The van der Waals surface area contributed by atoms with Crippen molar-refractivity contribution in [1.29, 1.82) is 0 Å². The van der Waals surface area contributed by atoms with Crippen molar-refractivity contribution in [2.24, 2.45) is 5.41 Å². The summed E-state index contributed by atoms with van der Waals surface area (Å²) in [6.45, 7) is 9.27. The van der Waals surface area contributed by atoms with Crippen molar-refractivity contribution in [2.75, 3.05) is 7.11 Å². The lowest BCUT2D eigenvalue weighted by molar-refractivity contribution is -0.179. The average molecular weight is 258 g/mol. The van der Waals surface area contributed by atoms with Crippen molar-refractivity contribution in [3.63, 3.8) is 0 Å². The third kappa shape index (κ3) is 4.31. The van der Waals surface area contributed by atoms with Crippen LogP contribution in [-0.4, -0.2) is 24.6 Å². The van der Waals surface area contributed by atoms with Crippen LogP contribution in [0.3, 0.4) is 0 Å². The van der Waals surface area contributed by atoms with E-state index in [4.69, 9.17) is 9.47 Å². The van der Waals surface area contributed by atoms with E-state index in [0.717, 1.165) is 12.8 Å². The first kappa shape index (κ1) is 16.9. The fraction of sp³-hybridized carbons (Fsp3) is 0.857. The molecule has 0 amide bonds. The molecule has 0 aliphatic heterocycles. The van der Waals surface area contributed by atoms with Gasteiger partial charge in [-0.3, -0.25) is 9.59 Å². The minimum Gasteiger partial charge on any atom is -0.468 e. The van der Waals surface area contributed by atoms with Crippen LogP contribution in [0, 0.1) is 5.41 Å². The van der Waals surface area contributed by atoms with Crippen LogP contribution in [0.1, 0.15) is 60.3 Å². The third-order valence-corrected chi connectivity index (χ3v) is 2.72. The smallest absolute Gasteiger partial charge is 0.324 e. The Morgan fingerprint density at radius 3 is 1.67 bits per heavy atom. The zero-order valence-electron chi connectivity index (χ0n) is 12.5. The molecule has 4 heteroatoms. The average Bonchev–Trinajstić information content (AvgIpc) is 2.25. The Kier molecular flexibility index (Phi) is 6.36. The molecule has 0 unspecified atom stereocenters. The molecule has 0 atom stereocenters. The Hall–Kier alpha value is -1.06. The quantitative estimate of drug-likeness (QED) is 0.542. The lowest BCUT2D eigenvalue weighted by atomic mass is 9.79. The standard InChI is InChI=1S/C14H26O4/c1-7-9-14(10-8-2,11(15)17-6)12(16)18-13(3,4)5/h7-10H2,1-6H3. The second-order valence-electron chi connectivity index (χ2n) is 5.58. The van der Waals surface area contributed by atoms with Gasteiger partial charge in [0.25, 0.3) is 0 Å². The van der Waals surface area contributed by atoms with E-state index >= 15 is 0 Å². The summed E-state index contributed by atoms with van der Waals surface area (Å²) in [5.41, 5.74) is -1.75. The van der Waals surface area contributed by atoms with Gasteiger partial charge in [-0.1, -0.05) is 26.7 Å². The highest BCUT2D eigenvalue weighted by Gasteiger charge is 2.48. The zero-order valence-corrected chi connectivity index (χ0v) is 12.5. The van der Waals surface area contributed by atoms with Crippen LogP contribution in [-0.2, 0) is 19.1 Å². The summed E-state index contributed by atoms with van der Waals surface area (Å²) in [4.78, 5) is 24.4. The van der Waals surface area contributed by atoms with Crippen LogP contribution in [0.15, 0.2) is 0 Å². The van der Waals surface area contributed by atoms with Crippen molar-refractivity contribution >= 4 is 11.9 Å². The second-order valence-corrected chi connectivity index (χ2v) is 5.58. The predicted molar refractivity (Wildman–Crippen MR) is 70.1 cm³/mol. The predicted octanol–water partition coefficient (Wildman–Crippen LogP) is 3.09. The van der Waals surface area contributed by atoms with Gasteiger partial charge in [-0.05, 0) is 33.6 Å². The molecule has 0 aromatic rings. The van der Waals surface area contributed by atoms with Crippen LogP contribution in [0.2, 0.25) is 0 Å². The minimum absolute atomic E-state index is 0.461. The van der Waals surface area contributed by atoms with Gasteiger partial charge >= 0.3 is 11.9 Å². The van der Waals surface area contributed by atoms with Gasteiger partial charge in [-0.15, -0.1) is 0 Å². The number of carbonyl (C=O) groups is 2. The normalized spacial score (nSPS) is 12.1. The topological polar surface area (TPSA) is 52.6 Å². The summed E-state index contributed by atoms with van der Waals surface area (Å²) in [6.07, 6.45) is 2.38. The van der Waals surface area contributed by atoms with Crippen molar-refractivity contribution in [2.45, 2.75) is 65.9 Å². The Labute approximate surface area is 110 Å². The lowest BCUT2D eigenvalue weighted by Gasteiger charge is -2.31. The Morgan fingerprint density at radius 2 is 1.39 bits per heavy atom. The molecule has 0 aliphatic carbocycles. The number of hydrogen-bond acceptors (Lipinski definition) is 4. The van der Waals surface area contributed by atoms with Gasteiger partial charge in [0.1, 0.15) is 5.60 Å². The highest BCUT2D eigenvalue weighted by Crippen LogP contribution is 2.34. The van der Waals surface area contributed by atoms with Crippen molar-refractivity contribution in [3.05, 3.63) is 0 Å². The summed E-state index contributed by atoms with van der Waals surface area (Å²) in [7, 11) is 1.31. The number of methoxy groups -OCH3 is 1. The molecule has 4 nitrogen and oxygen atoms in total. The summed E-state index contributed by atoms with van der Waals surface area (Å²) in [5, 5.41) is 0. The SMILES string of the molecule is CCCC(CCC)(C(=O)OC)C(=O)OC(C)(C)C. The summed E-state index contributed by atoms with van der Waals surface area (Å²) in [6, 6.07) is 0. The molecule has 0 aromatic carbocycles. The highest BCUT2D eigenvalue weighted by molar-refractivity contribution is 6.00. The van der Waals surface area contributed by atoms with E-state index in [9.17, 15) is 9.59 Å². The molecule has 0 radical (unpaired) electrons. The maximum Gasteiger partial charge on any atom is 0.324 e. The monoisotopic (exact) mass is 258 g/mol. The Balaban J connectivity index is 5.27. The molecule has 106 valence electrons. The lowest BCUT2D eigenvalue weighted by Crippen LogP contribution is -2.44. The summed E-state index contributed by atoms with van der Waals surface area (Å²) >= 11 is 0. The van der Waals surface area contributed by atoms with E-state index in [2.05, 4.69) is 0 Å². The van der Waals surface area contributed by atoms with Crippen LogP contribution < -0.4 is 0 Å². The summed E-state index contributed by atoms with van der Waals surface area (Å²) in [5.74, 6) is -0.953. The number of carbonyl (C=O) groups excluding carboxylic acids is 2. The Morgan fingerprint density at radius 1 is 0.944 bits per heavy atom. The first-order valence-electron chi connectivity index (χ1n) is 6.55. The fourth-order valence-corrected chi connectivity index (χ4v) is 2.04. The minimum atomic E-state index is -1.15. The number of hydrogen-bond donors (Lipinski definition) is 0. The fourth-order valence-electron chi connectivity index (χ4n) is 2.04.